The number of anilines is 2. The first-order valence-electron chi connectivity index (χ1n) is 7.92. The maximum atomic E-state index is 15.1. The van der Waals surface area contributed by atoms with Crippen LogP contribution < -0.4 is 5.32 Å². The van der Waals surface area contributed by atoms with Gasteiger partial charge in [0.25, 0.3) is 0 Å². The average Bonchev–Trinajstić information content (AvgIpc) is 2.68. The van der Waals surface area contributed by atoms with Crippen LogP contribution >= 0.6 is 23.2 Å². The molecule has 0 bridgehead atoms. The Morgan fingerprint density at radius 1 is 0.643 bits per heavy atom. The first kappa shape index (κ1) is 18.5. The van der Waals surface area contributed by atoms with Crippen molar-refractivity contribution in [2.24, 2.45) is 0 Å². The highest BCUT2D eigenvalue weighted by Gasteiger charge is 2.38. The van der Waals surface area contributed by atoms with E-state index < -0.39 is 45.8 Å². The minimum Gasteiger partial charge on any atom is -0.348 e. The first-order valence-corrected chi connectivity index (χ1v) is 8.68. The van der Waals surface area contributed by atoms with Crippen LogP contribution in [0.15, 0.2) is 42.5 Å². The number of fused-ring (bicyclic) bond motifs is 2. The highest BCUT2D eigenvalue weighted by atomic mass is 35.5. The van der Waals surface area contributed by atoms with Gasteiger partial charge in [-0.25, -0.2) is 13.2 Å². The van der Waals surface area contributed by atoms with Crippen LogP contribution in [0.1, 0.15) is 31.8 Å². The molecule has 0 saturated carbocycles. The van der Waals surface area contributed by atoms with E-state index in [-0.39, 0.29) is 26.9 Å². The van der Waals surface area contributed by atoms with Crippen molar-refractivity contribution in [3.05, 3.63) is 92.2 Å². The van der Waals surface area contributed by atoms with Crippen LogP contribution in [0.5, 0.6) is 0 Å². The molecule has 1 aliphatic carbocycles. The van der Waals surface area contributed by atoms with Crippen molar-refractivity contribution in [2.45, 2.75) is 0 Å². The summed E-state index contributed by atoms with van der Waals surface area (Å²) in [4.78, 5) is 25.3. The second kappa shape index (κ2) is 6.65. The van der Waals surface area contributed by atoms with Gasteiger partial charge in [0.15, 0.2) is 29.0 Å². The maximum Gasteiger partial charge on any atom is 0.197 e. The van der Waals surface area contributed by atoms with Crippen LogP contribution in [-0.2, 0) is 0 Å². The molecule has 0 radical (unpaired) electrons. The summed E-state index contributed by atoms with van der Waals surface area (Å²) in [6, 6.07) is 9.89. The van der Waals surface area contributed by atoms with E-state index in [1.165, 1.54) is 42.5 Å². The SMILES string of the molecule is O=C1c2ccccc2C(=O)c2c(F)c(Nc3c(Cl)cccc3Cl)c(F)c(F)c21. The third-order valence-corrected chi connectivity index (χ3v) is 5.03. The molecule has 0 amide bonds. The Morgan fingerprint density at radius 2 is 1.14 bits per heavy atom. The van der Waals surface area contributed by atoms with E-state index in [9.17, 15) is 18.4 Å². The number of nitrogens with one attached hydrogen (secondary N) is 1. The molecule has 3 aromatic rings. The number of ketones is 2. The molecule has 3 aromatic carbocycles. The molecule has 0 heterocycles. The van der Waals surface area contributed by atoms with Crippen molar-refractivity contribution in [3.63, 3.8) is 0 Å². The number of para-hydroxylation sites is 1. The summed E-state index contributed by atoms with van der Waals surface area (Å²) in [5, 5.41) is 2.36. The van der Waals surface area contributed by atoms with E-state index in [1.54, 1.807) is 0 Å². The Balaban J connectivity index is 1.97. The van der Waals surface area contributed by atoms with Gasteiger partial charge in [-0.3, -0.25) is 9.59 Å². The summed E-state index contributed by atoms with van der Waals surface area (Å²) >= 11 is 12.0. The quantitative estimate of drug-likeness (QED) is 0.408. The standard InChI is InChI=1S/C20H8Cl2F3NO2/c21-10-6-3-7-11(22)17(10)26-18-15(24)13-12(14(23)16(18)25)19(27)8-4-1-2-5-9(8)20(13)28/h1-7,26H. The molecule has 3 nitrogen and oxygen atoms in total. The Kier molecular flexibility index (Phi) is 4.40. The van der Waals surface area contributed by atoms with E-state index in [1.807, 2.05) is 0 Å². The van der Waals surface area contributed by atoms with Gasteiger partial charge in [0.2, 0.25) is 0 Å². The Hall–Kier alpha value is -2.83. The van der Waals surface area contributed by atoms with Gasteiger partial charge < -0.3 is 5.32 Å². The van der Waals surface area contributed by atoms with Gasteiger partial charge in [-0.2, -0.15) is 0 Å². The summed E-state index contributed by atoms with van der Waals surface area (Å²) in [5.74, 6) is -6.59. The Labute approximate surface area is 166 Å². The topological polar surface area (TPSA) is 46.2 Å². The summed E-state index contributed by atoms with van der Waals surface area (Å²) < 4.78 is 44.5. The van der Waals surface area contributed by atoms with Crippen LogP contribution in [0.2, 0.25) is 10.0 Å². The van der Waals surface area contributed by atoms with E-state index >= 15 is 4.39 Å². The molecule has 0 spiro atoms. The van der Waals surface area contributed by atoms with E-state index in [0.717, 1.165) is 0 Å². The number of carbonyl (C=O) groups is 2. The lowest BCUT2D eigenvalue weighted by Crippen LogP contribution is -2.25. The third-order valence-electron chi connectivity index (χ3n) is 4.40. The highest BCUT2D eigenvalue weighted by Crippen LogP contribution is 2.39. The number of hydrogen-bond acceptors (Lipinski definition) is 3. The molecular weight excluding hydrogens is 414 g/mol. The second-order valence-corrected chi connectivity index (χ2v) is 6.81. The maximum absolute atomic E-state index is 15.1. The summed E-state index contributed by atoms with van der Waals surface area (Å²) in [6.45, 7) is 0. The fraction of sp³-hybridized carbons (Fsp3) is 0. The lowest BCUT2D eigenvalue weighted by atomic mass is 9.83. The minimum atomic E-state index is -1.66. The van der Waals surface area contributed by atoms with Crippen molar-refractivity contribution >= 4 is 46.1 Å². The minimum absolute atomic E-state index is 0.0252. The van der Waals surface area contributed by atoms with Crippen LogP contribution in [0, 0.1) is 17.5 Å². The van der Waals surface area contributed by atoms with Gasteiger partial charge in [0, 0.05) is 11.1 Å². The molecular formula is C20H8Cl2F3NO2. The van der Waals surface area contributed by atoms with E-state index in [2.05, 4.69) is 5.32 Å². The number of halogens is 5. The predicted octanol–water partition coefficient (Wildman–Crippen LogP) is 5.93. The van der Waals surface area contributed by atoms with E-state index in [4.69, 9.17) is 23.2 Å². The molecule has 4 rings (SSSR count). The van der Waals surface area contributed by atoms with Gasteiger partial charge in [0.05, 0.1) is 26.9 Å². The molecule has 0 aromatic heterocycles. The second-order valence-electron chi connectivity index (χ2n) is 5.99. The molecule has 0 aliphatic heterocycles. The molecule has 0 unspecified atom stereocenters. The predicted molar refractivity (Wildman–Crippen MR) is 99.4 cm³/mol. The van der Waals surface area contributed by atoms with Crippen LogP contribution in [0.25, 0.3) is 0 Å². The molecule has 140 valence electrons. The molecule has 8 heteroatoms. The lowest BCUT2D eigenvalue weighted by Gasteiger charge is -2.21. The summed E-state index contributed by atoms with van der Waals surface area (Å²) in [6.07, 6.45) is 0. The zero-order valence-corrected chi connectivity index (χ0v) is 15.3. The zero-order chi connectivity index (χ0) is 20.2. The van der Waals surface area contributed by atoms with Gasteiger partial charge in [-0.1, -0.05) is 53.5 Å². The van der Waals surface area contributed by atoms with Crippen molar-refractivity contribution in [1.29, 1.82) is 0 Å². The van der Waals surface area contributed by atoms with Gasteiger partial charge in [-0.15, -0.1) is 0 Å². The zero-order valence-electron chi connectivity index (χ0n) is 13.7. The van der Waals surface area contributed by atoms with Crippen molar-refractivity contribution in [1.82, 2.24) is 0 Å². The van der Waals surface area contributed by atoms with Gasteiger partial charge in [-0.05, 0) is 12.1 Å². The van der Waals surface area contributed by atoms with Crippen molar-refractivity contribution in [3.8, 4) is 0 Å². The molecule has 0 saturated heterocycles. The Bertz CT molecular complexity index is 1170. The molecule has 1 aliphatic rings. The Morgan fingerprint density at radius 3 is 1.68 bits per heavy atom. The number of benzene rings is 3. The number of rotatable bonds is 2. The summed E-state index contributed by atoms with van der Waals surface area (Å²) in [5.41, 5.74) is -3.02. The fourth-order valence-electron chi connectivity index (χ4n) is 3.09. The van der Waals surface area contributed by atoms with Crippen LogP contribution in [0.4, 0.5) is 24.5 Å². The monoisotopic (exact) mass is 421 g/mol. The fourth-order valence-corrected chi connectivity index (χ4v) is 3.58. The number of carbonyl (C=O) groups excluding carboxylic acids is 2. The lowest BCUT2D eigenvalue weighted by molar-refractivity contribution is 0.0971. The van der Waals surface area contributed by atoms with Crippen LogP contribution in [0.3, 0.4) is 0 Å². The van der Waals surface area contributed by atoms with E-state index in [0.29, 0.717) is 0 Å². The molecule has 0 atom stereocenters. The summed E-state index contributed by atoms with van der Waals surface area (Å²) in [7, 11) is 0. The number of hydrogen-bond donors (Lipinski definition) is 1. The normalized spacial score (nSPS) is 12.6. The van der Waals surface area contributed by atoms with Gasteiger partial charge >= 0.3 is 0 Å². The molecule has 0 fully saturated rings. The third kappa shape index (κ3) is 2.60. The molecule has 28 heavy (non-hydrogen) atoms. The smallest absolute Gasteiger partial charge is 0.197 e. The van der Waals surface area contributed by atoms with Gasteiger partial charge in [0.1, 0.15) is 5.69 Å². The molecule has 1 N–H and O–H groups in total. The largest absolute Gasteiger partial charge is 0.348 e. The van der Waals surface area contributed by atoms with Crippen LogP contribution in [-0.4, -0.2) is 11.6 Å². The first-order chi connectivity index (χ1) is 13.3. The average molecular weight is 422 g/mol. The highest BCUT2D eigenvalue weighted by molar-refractivity contribution is 6.39. The van der Waals surface area contributed by atoms with Crippen molar-refractivity contribution in [2.75, 3.05) is 5.32 Å². The van der Waals surface area contributed by atoms with Crippen molar-refractivity contribution < 1.29 is 22.8 Å².